The van der Waals surface area contributed by atoms with E-state index in [2.05, 4.69) is 25.7 Å². The minimum atomic E-state index is -4.62. The summed E-state index contributed by atoms with van der Waals surface area (Å²) in [6, 6.07) is 6.85. The Kier molecular flexibility index (Phi) is 7.86. The molecule has 0 aliphatic heterocycles. The molecule has 2 N–H and O–H groups in total. The van der Waals surface area contributed by atoms with Crippen molar-refractivity contribution in [1.82, 2.24) is 24.6 Å². The number of anilines is 2. The average Bonchev–Trinajstić information content (AvgIpc) is 3.34. The molecule has 0 saturated carbocycles. The van der Waals surface area contributed by atoms with Gasteiger partial charge in [0.1, 0.15) is 17.3 Å². The molecule has 13 heteroatoms. The van der Waals surface area contributed by atoms with Gasteiger partial charge in [0.25, 0.3) is 0 Å². The highest BCUT2D eigenvalue weighted by atomic mass is 19.4. The highest BCUT2D eigenvalue weighted by Gasteiger charge is 2.31. The summed E-state index contributed by atoms with van der Waals surface area (Å²) in [4.78, 5) is 22.0. The lowest BCUT2D eigenvalue weighted by Crippen LogP contribution is -2.20. The Morgan fingerprint density at radius 1 is 1.05 bits per heavy atom. The first-order chi connectivity index (χ1) is 18.1. The van der Waals surface area contributed by atoms with Crippen LogP contribution >= 0.6 is 0 Å². The van der Waals surface area contributed by atoms with E-state index in [1.165, 1.54) is 12.1 Å². The number of nitrogens with one attached hydrogen (secondary N) is 2. The van der Waals surface area contributed by atoms with Crippen molar-refractivity contribution in [2.75, 3.05) is 31.3 Å². The van der Waals surface area contributed by atoms with Gasteiger partial charge in [0.15, 0.2) is 0 Å². The smallest absolute Gasteiger partial charge is 0.417 e. The molecule has 2 amide bonds. The lowest BCUT2D eigenvalue weighted by Gasteiger charge is -2.12. The number of pyridine rings is 2. The predicted octanol–water partition coefficient (Wildman–Crippen LogP) is 5.50. The van der Waals surface area contributed by atoms with Crippen LogP contribution in [0.5, 0.6) is 11.5 Å². The van der Waals surface area contributed by atoms with E-state index in [1.54, 1.807) is 24.5 Å². The first kappa shape index (κ1) is 26.5. The van der Waals surface area contributed by atoms with Crippen LogP contribution in [-0.4, -0.2) is 51.3 Å². The summed E-state index contributed by atoms with van der Waals surface area (Å²) < 4.78 is 60.7. The second-order valence-electron chi connectivity index (χ2n) is 8.46. The molecular weight excluding hydrogens is 506 g/mol. The van der Waals surface area contributed by atoms with E-state index < -0.39 is 23.6 Å². The fraction of sp³-hybridized carbons (Fsp3) is 0.200. The number of likely N-dealkylation sites (N-methyl/N-ethyl adjacent to an activating group) is 1. The van der Waals surface area contributed by atoms with Gasteiger partial charge in [-0.1, -0.05) is 0 Å². The fourth-order valence-electron chi connectivity index (χ4n) is 3.30. The summed E-state index contributed by atoms with van der Waals surface area (Å²) in [5, 5.41) is 8.77. The number of amides is 2. The molecule has 198 valence electrons. The molecule has 3 aromatic heterocycles. The zero-order valence-corrected chi connectivity index (χ0v) is 20.3. The maximum Gasteiger partial charge on any atom is 0.417 e. The van der Waals surface area contributed by atoms with E-state index in [-0.39, 0.29) is 17.1 Å². The number of ether oxygens (including phenoxy) is 1. The van der Waals surface area contributed by atoms with Gasteiger partial charge in [-0.05, 0) is 38.4 Å². The second-order valence-corrected chi connectivity index (χ2v) is 8.46. The SMILES string of the molecule is CN(C)CCn1cc(-c2cc(Oc3ccc(NC(=O)Nc4cncc(C(F)(F)F)c4)c(F)c3)ccn2)cn1. The fourth-order valence-corrected chi connectivity index (χ4v) is 3.30. The molecule has 0 radical (unpaired) electrons. The van der Waals surface area contributed by atoms with Crippen molar-refractivity contribution in [2.45, 2.75) is 12.7 Å². The highest BCUT2D eigenvalue weighted by molar-refractivity contribution is 5.99. The van der Waals surface area contributed by atoms with Crippen molar-refractivity contribution in [3.05, 3.63) is 78.8 Å². The van der Waals surface area contributed by atoms with E-state index in [0.717, 1.165) is 37.0 Å². The Hall–Kier alpha value is -4.52. The Bertz CT molecular complexity index is 1420. The van der Waals surface area contributed by atoms with E-state index in [4.69, 9.17) is 4.74 Å². The Morgan fingerprint density at radius 2 is 1.84 bits per heavy atom. The zero-order chi connectivity index (χ0) is 27.3. The van der Waals surface area contributed by atoms with Crippen LogP contribution in [0.3, 0.4) is 0 Å². The third-order valence-corrected chi connectivity index (χ3v) is 5.18. The van der Waals surface area contributed by atoms with Gasteiger partial charge >= 0.3 is 12.2 Å². The number of benzene rings is 1. The van der Waals surface area contributed by atoms with Crippen LogP contribution in [0, 0.1) is 5.82 Å². The third-order valence-electron chi connectivity index (χ3n) is 5.18. The maximum absolute atomic E-state index is 14.6. The number of carbonyl (C=O) groups is 1. The Labute approximate surface area is 215 Å². The van der Waals surface area contributed by atoms with Gasteiger partial charge in [-0.3, -0.25) is 14.6 Å². The van der Waals surface area contributed by atoms with E-state index in [9.17, 15) is 22.4 Å². The monoisotopic (exact) mass is 529 g/mol. The first-order valence-electron chi connectivity index (χ1n) is 11.3. The van der Waals surface area contributed by atoms with E-state index >= 15 is 0 Å². The molecule has 9 nitrogen and oxygen atoms in total. The van der Waals surface area contributed by atoms with Crippen LogP contribution in [-0.2, 0) is 12.7 Å². The largest absolute Gasteiger partial charge is 0.457 e. The van der Waals surface area contributed by atoms with Gasteiger partial charge in [0.05, 0.1) is 41.6 Å². The molecule has 0 saturated heterocycles. The van der Waals surface area contributed by atoms with Crippen molar-refractivity contribution in [3.8, 4) is 22.8 Å². The Balaban J connectivity index is 1.39. The van der Waals surface area contributed by atoms with Crippen LogP contribution in [0.1, 0.15) is 5.56 Å². The number of aromatic nitrogens is 4. The van der Waals surface area contributed by atoms with Gasteiger partial charge in [-0.15, -0.1) is 0 Å². The number of halogens is 4. The summed E-state index contributed by atoms with van der Waals surface area (Å²) in [5.74, 6) is -0.239. The standard InChI is InChI=1S/C25H23F4N7O2/c1-35(2)7-8-36-15-16(12-32-36)23-11-20(5-6-31-23)38-19-3-4-22(21(26)10-19)34-24(37)33-18-9-17(13-30-14-18)25(27,28)29/h3-6,9-15H,7-8H2,1-2H3,(H2,33,34,37). The number of urea groups is 1. The van der Waals surface area contributed by atoms with Crippen molar-refractivity contribution in [1.29, 1.82) is 0 Å². The summed E-state index contributed by atoms with van der Waals surface area (Å²) in [6.45, 7) is 1.55. The van der Waals surface area contributed by atoms with Crippen molar-refractivity contribution >= 4 is 17.4 Å². The molecule has 4 aromatic rings. The summed E-state index contributed by atoms with van der Waals surface area (Å²) in [5.41, 5.74) is -0.00907. The molecule has 4 rings (SSSR count). The molecule has 0 atom stereocenters. The topological polar surface area (TPSA) is 97.2 Å². The van der Waals surface area contributed by atoms with Gasteiger partial charge in [-0.2, -0.15) is 18.3 Å². The van der Waals surface area contributed by atoms with Gasteiger partial charge in [0, 0.05) is 42.8 Å². The van der Waals surface area contributed by atoms with Crippen LogP contribution in [0.4, 0.5) is 33.7 Å². The van der Waals surface area contributed by atoms with E-state index in [0.29, 0.717) is 17.6 Å². The van der Waals surface area contributed by atoms with Gasteiger partial charge < -0.3 is 20.3 Å². The number of hydrogen-bond acceptors (Lipinski definition) is 6. The quantitative estimate of drug-likeness (QED) is 0.293. The molecule has 0 aliphatic rings. The molecule has 0 spiro atoms. The maximum atomic E-state index is 14.6. The molecule has 3 heterocycles. The molecule has 0 aliphatic carbocycles. The van der Waals surface area contributed by atoms with Gasteiger partial charge in [-0.25, -0.2) is 9.18 Å². The Morgan fingerprint density at radius 3 is 2.58 bits per heavy atom. The number of nitrogens with zero attached hydrogens (tertiary/aromatic N) is 5. The number of rotatable bonds is 8. The van der Waals surface area contributed by atoms with Crippen molar-refractivity contribution in [3.63, 3.8) is 0 Å². The number of hydrogen-bond donors (Lipinski definition) is 2. The average molecular weight is 529 g/mol. The third kappa shape index (κ3) is 7.03. The number of carbonyl (C=O) groups excluding carboxylic acids is 1. The summed E-state index contributed by atoms with van der Waals surface area (Å²) in [7, 11) is 3.96. The molecule has 0 bridgehead atoms. The summed E-state index contributed by atoms with van der Waals surface area (Å²) >= 11 is 0. The summed E-state index contributed by atoms with van der Waals surface area (Å²) in [6.07, 6.45) is 2.18. The molecule has 38 heavy (non-hydrogen) atoms. The highest BCUT2D eigenvalue weighted by Crippen LogP contribution is 2.30. The number of alkyl halides is 3. The van der Waals surface area contributed by atoms with Crippen molar-refractivity contribution in [2.24, 2.45) is 0 Å². The van der Waals surface area contributed by atoms with Crippen LogP contribution in [0.15, 0.2) is 67.4 Å². The zero-order valence-electron chi connectivity index (χ0n) is 20.3. The van der Waals surface area contributed by atoms with Crippen molar-refractivity contribution < 1.29 is 27.1 Å². The van der Waals surface area contributed by atoms with E-state index in [1.807, 2.05) is 29.9 Å². The van der Waals surface area contributed by atoms with Crippen LogP contribution in [0.25, 0.3) is 11.3 Å². The predicted molar refractivity (Wildman–Crippen MR) is 132 cm³/mol. The minimum absolute atomic E-state index is 0.161. The normalized spacial score (nSPS) is 11.4. The first-order valence-corrected chi connectivity index (χ1v) is 11.3. The van der Waals surface area contributed by atoms with Gasteiger partial charge in [0.2, 0.25) is 0 Å². The molecule has 0 unspecified atom stereocenters. The second kappa shape index (κ2) is 11.3. The lowest BCUT2D eigenvalue weighted by molar-refractivity contribution is -0.137. The lowest BCUT2D eigenvalue weighted by atomic mass is 10.2. The molecule has 1 aromatic carbocycles. The van der Waals surface area contributed by atoms with Crippen LogP contribution in [0.2, 0.25) is 0 Å². The molecular formula is C25H23F4N7O2. The van der Waals surface area contributed by atoms with Crippen LogP contribution < -0.4 is 15.4 Å². The minimum Gasteiger partial charge on any atom is -0.457 e. The molecule has 0 fully saturated rings.